The molecule has 0 fully saturated rings. The average molecular weight is 447 g/mol. The van der Waals surface area contributed by atoms with Gasteiger partial charge in [-0.15, -0.1) is 0 Å². The summed E-state index contributed by atoms with van der Waals surface area (Å²) in [5, 5.41) is 0. The van der Waals surface area contributed by atoms with Gasteiger partial charge in [-0.05, 0) is 72.8 Å². The molecule has 0 atom stereocenters. The molecular formula is C26H20N4Ni. The Hall–Kier alpha value is -3.69. The van der Waals surface area contributed by atoms with Crippen LogP contribution in [0.1, 0.15) is 22.8 Å². The van der Waals surface area contributed by atoms with Crippen LogP contribution in [0.5, 0.6) is 0 Å². The first-order chi connectivity index (χ1) is 14.8. The van der Waals surface area contributed by atoms with E-state index in [0.717, 1.165) is 44.8 Å². The first kappa shape index (κ1) is 20.6. The third-order valence-electron chi connectivity index (χ3n) is 4.71. The summed E-state index contributed by atoms with van der Waals surface area (Å²) in [5.74, 6) is 0. The molecule has 2 N–H and O–H groups in total. The van der Waals surface area contributed by atoms with Crippen LogP contribution < -0.4 is 0 Å². The molecule has 0 spiro atoms. The van der Waals surface area contributed by atoms with E-state index in [1.807, 2.05) is 85.0 Å². The first-order valence-corrected chi connectivity index (χ1v) is 9.85. The summed E-state index contributed by atoms with van der Waals surface area (Å²) in [6.45, 7) is 0. The topological polar surface area (TPSA) is 57.4 Å². The van der Waals surface area contributed by atoms with Gasteiger partial charge in [-0.2, -0.15) is 0 Å². The van der Waals surface area contributed by atoms with Crippen LogP contribution in [0, 0.1) is 0 Å². The van der Waals surface area contributed by atoms with Crippen molar-refractivity contribution in [3.05, 3.63) is 108 Å². The van der Waals surface area contributed by atoms with Gasteiger partial charge in [-0.3, -0.25) is 0 Å². The fourth-order valence-electron chi connectivity index (χ4n) is 3.33. The Kier molecular flexibility index (Phi) is 6.25. The van der Waals surface area contributed by atoms with Gasteiger partial charge in [0, 0.05) is 38.6 Å². The second kappa shape index (κ2) is 9.42. The Morgan fingerprint density at radius 3 is 0.935 bits per heavy atom. The fourth-order valence-corrected chi connectivity index (χ4v) is 3.33. The van der Waals surface area contributed by atoms with Crippen LogP contribution >= 0.6 is 0 Å². The third kappa shape index (κ3) is 5.27. The van der Waals surface area contributed by atoms with Crippen molar-refractivity contribution in [3.8, 4) is 0 Å². The van der Waals surface area contributed by atoms with Crippen LogP contribution in [0.15, 0.2) is 84.9 Å². The van der Waals surface area contributed by atoms with Crippen molar-refractivity contribution in [2.45, 2.75) is 0 Å². The molecule has 1 aromatic carbocycles. The summed E-state index contributed by atoms with van der Waals surface area (Å²) in [4.78, 5) is 16.0. The number of hydrogen-bond acceptors (Lipinski definition) is 2. The van der Waals surface area contributed by atoms with E-state index < -0.39 is 0 Å². The predicted octanol–water partition coefficient (Wildman–Crippen LogP) is 6.34. The molecule has 4 aromatic rings. The minimum Gasteiger partial charge on any atom is -0.355 e. The standard InChI is InChI=1S/C20H14N4.C6H6.Ni/c1-2-14-10-16-5-6-18(23-16)12-20-8-7-19(24-20)11-17-4-3-15(22-17)9-13(1)21-14;1-2-4-6-5-3-1;/h1-12,21,24H;1-6H;. The van der Waals surface area contributed by atoms with Gasteiger partial charge in [0.25, 0.3) is 0 Å². The third-order valence-corrected chi connectivity index (χ3v) is 4.71. The average Bonchev–Trinajstić information content (AvgIpc) is 3.56. The number of fused-ring (bicyclic) bond motifs is 8. The molecule has 0 unspecified atom stereocenters. The number of rotatable bonds is 0. The Balaban J connectivity index is 0.000000288. The summed E-state index contributed by atoms with van der Waals surface area (Å²) in [5.41, 5.74) is 7.86. The van der Waals surface area contributed by atoms with Gasteiger partial charge in [0.1, 0.15) is 0 Å². The molecule has 0 saturated heterocycles. The van der Waals surface area contributed by atoms with Crippen molar-refractivity contribution in [1.82, 2.24) is 19.9 Å². The van der Waals surface area contributed by atoms with Gasteiger partial charge in [-0.1, -0.05) is 36.4 Å². The van der Waals surface area contributed by atoms with E-state index in [1.165, 1.54) is 0 Å². The molecule has 31 heavy (non-hydrogen) atoms. The summed E-state index contributed by atoms with van der Waals surface area (Å²) < 4.78 is 0. The van der Waals surface area contributed by atoms with Crippen molar-refractivity contribution < 1.29 is 16.5 Å². The van der Waals surface area contributed by atoms with E-state index in [4.69, 9.17) is 0 Å². The minimum absolute atomic E-state index is 0. The number of nitrogens with zero attached hydrogens (tertiary/aromatic N) is 2. The van der Waals surface area contributed by atoms with E-state index in [1.54, 1.807) is 0 Å². The molecule has 0 amide bonds. The largest absolute Gasteiger partial charge is 0.355 e. The molecule has 0 radical (unpaired) electrons. The number of nitrogens with one attached hydrogen (secondary N) is 2. The molecule has 6 rings (SSSR count). The molecule has 0 aliphatic carbocycles. The molecule has 3 aromatic heterocycles. The fraction of sp³-hybridized carbons (Fsp3) is 0. The van der Waals surface area contributed by atoms with Gasteiger partial charge in [0.15, 0.2) is 0 Å². The Bertz CT molecular complexity index is 1190. The van der Waals surface area contributed by atoms with Crippen molar-refractivity contribution in [3.63, 3.8) is 0 Å². The maximum absolute atomic E-state index is 4.63. The first-order valence-electron chi connectivity index (χ1n) is 9.85. The van der Waals surface area contributed by atoms with Crippen LogP contribution in [0.4, 0.5) is 0 Å². The molecule has 5 heteroatoms. The number of hydrogen-bond donors (Lipinski definition) is 2. The van der Waals surface area contributed by atoms with E-state index in [0.29, 0.717) is 0 Å². The maximum Gasteiger partial charge on any atom is 0.0658 e. The molecular weight excluding hydrogens is 427 g/mol. The smallest absolute Gasteiger partial charge is 0.0658 e. The van der Waals surface area contributed by atoms with E-state index >= 15 is 0 Å². The number of benzene rings is 1. The Morgan fingerprint density at radius 2 is 0.677 bits per heavy atom. The van der Waals surface area contributed by atoms with Crippen LogP contribution in [0.2, 0.25) is 0 Å². The maximum atomic E-state index is 4.63. The molecule has 154 valence electrons. The molecule has 5 heterocycles. The van der Waals surface area contributed by atoms with Crippen LogP contribution in [-0.2, 0) is 16.5 Å². The second-order valence-electron chi connectivity index (χ2n) is 7.06. The van der Waals surface area contributed by atoms with Gasteiger partial charge >= 0.3 is 0 Å². The van der Waals surface area contributed by atoms with E-state index in [9.17, 15) is 0 Å². The Labute approximate surface area is 190 Å². The van der Waals surface area contributed by atoms with Crippen LogP contribution in [0.25, 0.3) is 46.4 Å². The number of aromatic amines is 2. The van der Waals surface area contributed by atoms with E-state index in [2.05, 4.69) is 44.2 Å². The number of aromatic nitrogens is 4. The zero-order valence-electron chi connectivity index (χ0n) is 16.6. The molecule has 2 aliphatic heterocycles. The summed E-state index contributed by atoms with van der Waals surface area (Å²) in [6, 6.07) is 28.4. The zero-order valence-corrected chi connectivity index (χ0v) is 17.6. The normalized spacial score (nSPS) is 11.4. The van der Waals surface area contributed by atoms with Gasteiger partial charge in [0.2, 0.25) is 0 Å². The van der Waals surface area contributed by atoms with Crippen molar-refractivity contribution in [2.75, 3.05) is 0 Å². The molecule has 8 bridgehead atoms. The van der Waals surface area contributed by atoms with Crippen LogP contribution in [-0.4, -0.2) is 19.9 Å². The minimum atomic E-state index is 0. The van der Waals surface area contributed by atoms with Crippen molar-refractivity contribution >= 4 is 46.4 Å². The molecule has 4 nitrogen and oxygen atoms in total. The Morgan fingerprint density at radius 1 is 0.419 bits per heavy atom. The SMILES string of the molecule is C1=Cc2cc3ccc(cc4nc(cc5ccc(cc1n2)[nH]5)C=C4)[nH]3.[Ni].c1ccccc1. The van der Waals surface area contributed by atoms with Gasteiger partial charge in [0.05, 0.1) is 22.8 Å². The zero-order chi connectivity index (χ0) is 20.2. The van der Waals surface area contributed by atoms with Gasteiger partial charge in [-0.25, -0.2) is 9.97 Å². The predicted molar refractivity (Wildman–Crippen MR) is 125 cm³/mol. The van der Waals surface area contributed by atoms with E-state index in [-0.39, 0.29) is 16.5 Å². The van der Waals surface area contributed by atoms with Crippen molar-refractivity contribution in [1.29, 1.82) is 0 Å². The number of H-pyrrole nitrogens is 2. The molecule has 2 aliphatic rings. The summed E-state index contributed by atoms with van der Waals surface area (Å²) in [7, 11) is 0. The molecule has 0 saturated carbocycles. The van der Waals surface area contributed by atoms with Gasteiger partial charge < -0.3 is 9.97 Å². The summed E-state index contributed by atoms with van der Waals surface area (Å²) in [6.07, 6.45) is 8.09. The van der Waals surface area contributed by atoms with Crippen LogP contribution in [0.3, 0.4) is 0 Å². The summed E-state index contributed by atoms with van der Waals surface area (Å²) >= 11 is 0. The monoisotopic (exact) mass is 446 g/mol. The van der Waals surface area contributed by atoms with Crippen molar-refractivity contribution in [2.24, 2.45) is 0 Å². The second-order valence-corrected chi connectivity index (χ2v) is 7.06. The quantitative estimate of drug-likeness (QED) is 0.267.